The molecular formula is C23H21ClN3O6+. The Hall–Kier alpha value is -3.27. The van der Waals surface area contributed by atoms with Gasteiger partial charge in [0, 0.05) is 17.2 Å². The van der Waals surface area contributed by atoms with E-state index in [-0.39, 0.29) is 28.3 Å². The van der Waals surface area contributed by atoms with Gasteiger partial charge in [-0.2, -0.15) is 0 Å². The Morgan fingerprint density at radius 2 is 1.85 bits per heavy atom. The Balaban J connectivity index is 1.60. The van der Waals surface area contributed by atoms with Crippen molar-refractivity contribution >= 4 is 34.2 Å². The molecule has 1 aromatic heterocycles. The van der Waals surface area contributed by atoms with E-state index in [4.69, 9.17) is 20.8 Å². The second-order valence-corrected chi connectivity index (χ2v) is 8.61. The molecule has 2 aromatic carbocycles. The molecule has 170 valence electrons. The number of ether oxygens (including phenoxy) is 1. The van der Waals surface area contributed by atoms with Crippen LogP contribution in [0, 0.1) is 10.1 Å². The van der Waals surface area contributed by atoms with E-state index in [9.17, 15) is 19.7 Å². The maximum atomic E-state index is 13.5. The highest BCUT2D eigenvalue weighted by Crippen LogP contribution is 2.38. The first kappa shape index (κ1) is 21.6. The topological polar surface area (TPSA) is 107 Å². The average molecular weight is 471 g/mol. The fourth-order valence-corrected chi connectivity index (χ4v) is 4.71. The van der Waals surface area contributed by atoms with Crippen LogP contribution < -0.4 is 10.3 Å². The van der Waals surface area contributed by atoms with Crippen LogP contribution >= 0.6 is 11.6 Å². The van der Waals surface area contributed by atoms with E-state index < -0.39 is 11.0 Å². The van der Waals surface area contributed by atoms with Crippen LogP contribution in [0.3, 0.4) is 0 Å². The van der Waals surface area contributed by atoms with Gasteiger partial charge in [-0.25, -0.2) is 0 Å². The van der Waals surface area contributed by atoms with Gasteiger partial charge in [-0.1, -0.05) is 11.6 Å². The minimum atomic E-state index is -0.701. The lowest BCUT2D eigenvalue weighted by Crippen LogP contribution is -3.14. The molecule has 0 radical (unpaired) electrons. The normalized spacial score (nSPS) is 18.6. The summed E-state index contributed by atoms with van der Waals surface area (Å²) in [5.41, 5.74) is 0.746. The summed E-state index contributed by atoms with van der Waals surface area (Å²) < 4.78 is 11.3. The summed E-state index contributed by atoms with van der Waals surface area (Å²) in [5, 5.41) is 11.8. The number of nitrogens with zero attached hydrogens (tertiary/aromatic N) is 2. The van der Waals surface area contributed by atoms with E-state index in [1.807, 2.05) is 0 Å². The number of rotatable bonds is 5. The number of hydrogen-bond donors (Lipinski definition) is 1. The van der Waals surface area contributed by atoms with Gasteiger partial charge in [0.25, 0.3) is 11.6 Å². The van der Waals surface area contributed by atoms with Crippen LogP contribution in [0.4, 0.5) is 5.69 Å². The van der Waals surface area contributed by atoms with Crippen LogP contribution in [-0.2, 0) is 4.74 Å². The summed E-state index contributed by atoms with van der Waals surface area (Å²) >= 11 is 6.10. The molecule has 2 aliphatic rings. The van der Waals surface area contributed by atoms with E-state index in [0.717, 1.165) is 13.1 Å². The third-order valence-electron chi connectivity index (χ3n) is 6.25. The molecule has 0 aliphatic carbocycles. The molecule has 3 aromatic rings. The number of amides is 1. The number of fused-ring (bicyclic) bond motifs is 2. The second kappa shape index (κ2) is 8.58. The minimum absolute atomic E-state index is 0.00940. The lowest BCUT2D eigenvalue weighted by Gasteiger charge is -2.29. The molecule has 1 amide bonds. The van der Waals surface area contributed by atoms with Crippen LogP contribution in [0.25, 0.3) is 11.0 Å². The predicted octanol–water partition coefficient (Wildman–Crippen LogP) is 1.81. The Morgan fingerprint density at radius 3 is 2.55 bits per heavy atom. The number of halogens is 1. The first-order valence-corrected chi connectivity index (χ1v) is 11.0. The van der Waals surface area contributed by atoms with Crippen molar-refractivity contribution in [2.75, 3.05) is 39.4 Å². The first-order chi connectivity index (χ1) is 15.9. The van der Waals surface area contributed by atoms with Crippen molar-refractivity contribution in [3.8, 4) is 0 Å². The molecule has 1 saturated heterocycles. The fraction of sp³-hybridized carbons (Fsp3) is 0.304. The largest absolute Gasteiger partial charge is 0.450 e. The van der Waals surface area contributed by atoms with Crippen LogP contribution in [0.1, 0.15) is 27.7 Å². The van der Waals surface area contributed by atoms with Crippen molar-refractivity contribution in [3.05, 3.63) is 84.7 Å². The van der Waals surface area contributed by atoms with Crippen molar-refractivity contribution in [1.82, 2.24) is 4.90 Å². The lowest BCUT2D eigenvalue weighted by molar-refractivity contribution is -0.907. The average Bonchev–Trinajstić information content (AvgIpc) is 3.10. The van der Waals surface area contributed by atoms with Crippen LogP contribution in [0.15, 0.2) is 51.7 Å². The molecule has 0 saturated carbocycles. The maximum absolute atomic E-state index is 13.5. The number of nitro groups is 1. The zero-order chi connectivity index (χ0) is 23.1. The van der Waals surface area contributed by atoms with Crippen molar-refractivity contribution in [2.45, 2.75) is 6.04 Å². The lowest BCUT2D eigenvalue weighted by atomic mass is 9.98. The van der Waals surface area contributed by atoms with Gasteiger partial charge in [0.2, 0.25) is 5.76 Å². The molecule has 5 rings (SSSR count). The molecule has 3 heterocycles. The molecular weight excluding hydrogens is 450 g/mol. The van der Waals surface area contributed by atoms with Crippen LogP contribution in [0.2, 0.25) is 5.02 Å². The highest BCUT2D eigenvalue weighted by molar-refractivity contribution is 6.31. The predicted molar refractivity (Wildman–Crippen MR) is 120 cm³/mol. The summed E-state index contributed by atoms with van der Waals surface area (Å²) in [6.45, 7) is 4.11. The molecule has 0 spiro atoms. The highest BCUT2D eigenvalue weighted by Gasteiger charge is 2.43. The molecule has 1 fully saturated rings. The van der Waals surface area contributed by atoms with Gasteiger partial charge in [0.15, 0.2) is 5.43 Å². The monoisotopic (exact) mass is 470 g/mol. The number of morpholine rings is 1. The summed E-state index contributed by atoms with van der Waals surface area (Å²) in [5.74, 6) is -0.356. The number of benzene rings is 2. The number of non-ortho nitro benzene ring substituents is 1. The van der Waals surface area contributed by atoms with E-state index in [0.29, 0.717) is 47.9 Å². The standard InChI is InChI=1S/C23H20ClN3O6/c24-15-3-6-18-17(13-15)21(28)19-20(14-1-4-16(5-2-14)27(30)31)26(23(29)22(19)33-18)8-7-25-9-11-32-12-10-25/h1-6,13,20H,7-12H2/p+1/t20-/m1/s1. The Bertz CT molecular complexity index is 1300. The third kappa shape index (κ3) is 3.88. The second-order valence-electron chi connectivity index (χ2n) is 8.18. The van der Waals surface area contributed by atoms with Crippen LogP contribution in [0.5, 0.6) is 0 Å². The van der Waals surface area contributed by atoms with Gasteiger partial charge in [-0.15, -0.1) is 0 Å². The fourth-order valence-electron chi connectivity index (χ4n) is 4.54. The summed E-state index contributed by atoms with van der Waals surface area (Å²) in [6.07, 6.45) is 0. The SMILES string of the molecule is O=C1c2oc3ccc(Cl)cc3c(=O)c2[C@@H](c2ccc([N+](=O)[O-])cc2)N1CC[NH+]1CCOCC1. The number of hydrogen-bond acceptors (Lipinski definition) is 6. The zero-order valence-corrected chi connectivity index (χ0v) is 18.3. The van der Waals surface area contributed by atoms with Gasteiger partial charge >= 0.3 is 0 Å². The number of nitro benzene ring substituents is 1. The van der Waals surface area contributed by atoms with Gasteiger partial charge in [-0.3, -0.25) is 19.7 Å². The number of carbonyl (C=O) groups excluding carboxylic acids is 1. The summed E-state index contributed by atoms with van der Waals surface area (Å²) in [7, 11) is 0. The zero-order valence-electron chi connectivity index (χ0n) is 17.6. The minimum Gasteiger partial charge on any atom is -0.450 e. The Kier molecular flexibility index (Phi) is 5.61. The smallest absolute Gasteiger partial charge is 0.291 e. The van der Waals surface area contributed by atoms with Crippen LogP contribution in [-0.4, -0.2) is 55.1 Å². The van der Waals surface area contributed by atoms with Crippen molar-refractivity contribution in [3.63, 3.8) is 0 Å². The molecule has 2 aliphatic heterocycles. The van der Waals surface area contributed by atoms with E-state index >= 15 is 0 Å². The number of carbonyl (C=O) groups is 1. The third-order valence-corrected chi connectivity index (χ3v) is 6.49. The molecule has 0 unspecified atom stereocenters. The molecule has 10 heteroatoms. The van der Waals surface area contributed by atoms with Gasteiger partial charge in [-0.05, 0) is 35.9 Å². The number of nitrogens with one attached hydrogen (secondary N) is 1. The molecule has 9 nitrogen and oxygen atoms in total. The van der Waals surface area contributed by atoms with Gasteiger partial charge in [0.1, 0.15) is 18.7 Å². The molecule has 1 atom stereocenters. The number of quaternary nitrogens is 1. The highest BCUT2D eigenvalue weighted by atomic mass is 35.5. The first-order valence-electron chi connectivity index (χ1n) is 10.7. The summed E-state index contributed by atoms with van der Waals surface area (Å²) in [4.78, 5) is 40.5. The Labute approximate surface area is 193 Å². The summed E-state index contributed by atoms with van der Waals surface area (Å²) in [6, 6.07) is 9.93. The van der Waals surface area contributed by atoms with E-state index in [1.54, 1.807) is 29.2 Å². The van der Waals surface area contributed by atoms with E-state index in [2.05, 4.69) is 0 Å². The van der Waals surface area contributed by atoms with E-state index in [1.165, 1.54) is 23.1 Å². The molecule has 33 heavy (non-hydrogen) atoms. The van der Waals surface area contributed by atoms with Gasteiger partial charge < -0.3 is 19.0 Å². The quantitative estimate of drug-likeness (QED) is 0.450. The van der Waals surface area contributed by atoms with Crippen molar-refractivity contribution in [1.29, 1.82) is 0 Å². The molecule has 0 bridgehead atoms. The van der Waals surface area contributed by atoms with Gasteiger partial charge in [0.05, 0.1) is 48.2 Å². The Morgan fingerprint density at radius 1 is 1.12 bits per heavy atom. The molecule has 1 N–H and O–H groups in total. The maximum Gasteiger partial charge on any atom is 0.291 e. The van der Waals surface area contributed by atoms with Crippen molar-refractivity contribution in [2.24, 2.45) is 0 Å². The van der Waals surface area contributed by atoms with Crippen molar-refractivity contribution < 1.29 is 23.8 Å².